The summed E-state index contributed by atoms with van der Waals surface area (Å²) in [5.74, 6) is 0.0408. The summed E-state index contributed by atoms with van der Waals surface area (Å²) in [7, 11) is 1.97. The molecule has 2 N–H and O–H groups in total. The average molecular weight is 368 g/mol. The summed E-state index contributed by atoms with van der Waals surface area (Å²) in [5, 5.41) is 8.05. The first-order chi connectivity index (χ1) is 12.5. The van der Waals surface area contributed by atoms with Crippen LogP contribution < -0.4 is 15.4 Å². The molecule has 1 aromatic carbocycles. The minimum absolute atomic E-state index is 0.0318. The fraction of sp³-hybridized carbons (Fsp3) is 0.167. The monoisotopic (exact) mass is 368 g/mol. The van der Waals surface area contributed by atoms with Crippen LogP contribution in [0.2, 0.25) is 0 Å². The number of hydrogen-bond acceptors (Lipinski definition) is 5. The summed E-state index contributed by atoms with van der Waals surface area (Å²) in [6, 6.07) is 9.09. The largest absolute Gasteiger partial charge is 0.482 e. The fourth-order valence-electron chi connectivity index (χ4n) is 2.67. The van der Waals surface area contributed by atoms with Crippen LogP contribution >= 0.6 is 11.3 Å². The van der Waals surface area contributed by atoms with Gasteiger partial charge in [0.25, 0.3) is 11.8 Å². The van der Waals surface area contributed by atoms with E-state index in [1.165, 1.54) is 11.3 Å². The number of nitrogens with zero attached hydrogens (tertiary/aromatic N) is 2. The Morgan fingerprint density at radius 1 is 1.35 bits per heavy atom. The number of fused-ring (bicyclic) bond motifs is 1. The highest BCUT2D eigenvalue weighted by molar-refractivity contribution is 7.13. The zero-order chi connectivity index (χ0) is 18.3. The van der Waals surface area contributed by atoms with Crippen LogP contribution in [0.25, 0.3) is 10.7 Å². The van der Waals surface area contributed by atoms with E-state index in [0.717, 1.165) is 16.4 Å². The van der Waals surface area contributed by atoms with E-state index in [0.29, 0.717) is 22.8 Å². The lowest BCUT2D eigenvalue weighted by molar-refractivity contribution is -0.118. The molecule has 8 heteroatoms. The second-order valence-corrected chi connectivity index (χ2v) is 6.82. The van der Waals surface area contributed by atoms with E-state index in [1.807, 2.05) is 30.7 Å². The van der Waals surface area contributed by atoms with E-state index in [1.54, 1.807) is 23.6 Å². The molecule has 0 atom stereocenters. The predicted molar refractivity (Wildman–Crippen MR) is 99.8 cm³/mol. The van der Waals surface area contributed by atoms with E-state index in [9.17, 15) is 9.59 Å². The molecule has 0 saturated heterocycles. The van der Waals surface area contributed by atoms with Crippen LogP contribution in [-0.4, -0.2) is 28.0 Å². The number of thiazole rings is 1. The fourth-order valence-corrected chi connectivity index (χ4v) is 3.53. The highest BCUT2D eigenvalue weighted by Crippen LogP contribution is 2.31. The van der Waals surface area contributed by atoms with E-state index in [-0.39, 0.29) is 18.4 Å². The molecule has 0 saturated carbocycles. The smallest absolute Gasteiger partial charge is 0.275 e. The molecule has 0 spiro atoms. The standard InChI is InChI=1S/C18H16N4O3S/c1-10-3-6-14(22(10)2)18-21-13(9-26-18)17(24)19-11-4-5-12-15(7-11)25-8-16(23)20-12/h3-7,9H,8H2,1-2H3,(H,19,24)(H,20,23). The van der Waals surface area contributed by atoms with Crippen molar-refractivity contribution in [2.45, 2.75) is 6.92 Å². The molecular formula is C18H16N4O3S. The van der Waals surface area contributed by atoms with E-state index in [4.69, 9.17) is 4.74 Å². The van der Waals surface area contributed by atoms with Crippen LogP contribution in [0, 0.1) is 6.92 Å². The Bertz CT molecular complexity index is 1020. The van der Waals surface area contributed by atoms with Crippen LogP contribution in [0.5, 0.6) is 5.75 Å². The summed E-state index contributed by atoms with van der Waals surface area (Å²) in [6.45, 7) is 1.99. The van der Waals surface area contributed by atoms with Gasteiger partial charge in [0.15, 0.2) is 6.61 Å². The Morgan fingerprint density at radius 2 is 2.19 bits per heavy atom. The molecule has 0 fully saturated rings. The zero-order valence-electron chi connectivity index (χ0n) is 14.2. The molecule has 0 aliphatic carbocycles. The maximum Gasteiger partial charge on any atom is 0.275 e. The number of carbonyl (C=O) groups excluding carboxylic acids is 2. The minimum Gasteiger partial charge on any atom is -0.482 e. The van der Waals surface area contributed by atoms with Gasteiger partial charge < -0.3 is 19.9 Å². The molecule has 0 unspecified atom stereocenters. The van der Waals surface area contributed by atoms with Crippen molar-refractivity contribution in [2.24, 2.45) is 7.05 Å². The molecule has 1 aliphatic rings. The molecule has 4 rings (SSSR count). The molecule has 1 aliphatic heterocycles. The number of ether oxygens (including phenoxy) is 1. The van der Waals surface area contributed by atoms with E-state index >= 15 is 0 Å². The number of amides is 2. The molecule has 7 nitrogen and oxygen atoms in total. The first-order valence-electron chi connectivity index (χ1n) is 7.97. The Balaban J connectivity index is 1.52. The Hall–Kier alpha value is -3.13. The number of nitrogens with one attached hydrogen (secondary N) is 2. The molecule has 3 heterocycles. The molecule has 2 amide bonds. The summed E-state index contributed by atoms with van der Waals surface area (Å²) in [5.41, 5.74) is 3.63. The maximum absolute atomic E-state index is 12.5. The molecule has 2 aromatic heterocycles. The highest BCUT2D eigenvalue weighted by atomic mass is 32.1. The normalized spacial score (nSPS) is 12.9. The lowest BCUT2D eigenvalue weighted by Gasteiger charge is -2.18. The molecule has 3 aromatic rings. The van der Waals surface area contributed by atoms with E-state index < -0.39 is 0 Å². The van der Waals surface area contributed by atoms with Gasteiger partial charge in [-0.3, -0.25) is 9.59 Å². The number of aromatic nitrogens is 2. The van der Waals surface area contributed by atoms with Crippen molar-refractivity contribution in [3.8, 4) is 16.5 Å². The van der Waals surface area contributed by atoms with Gasteiger partial charge >= 0.3 is 0 Å². The first-order valence-corrected chi connectivity index (χ1v) is 8.85. The third-order valence-corrected chi connectivity index (χ3v) is 5.07. The second-order valence-electron chi connectivity index (χ2n) is 5.96. The highest BCUT2D eigenvalue weighted by Gasteiger charge is 2.18. The molecule has 132 valence electrons. The third-order valence-electron chi connectivity index (χ3n) is 4.20. The zero-order valence-corrected chi connectivity index (χ0v) is 15.0. The van der Waals surface area contributed by atoms with Gasteiger partial charge in [0.1, 0.15) is 16.5 Å². The SMILES string of the molecule is Cc1ccc(-c2nc(C(=O)Nc3ccc4c(c3)OCC(=O)N4)cs2)n1C. The van der Waals surface area contributed by atoms with Crippen LogP contribution in [0.1, 0.15) is 16.2 Å². The van der Waals surface area contributed by atoms with Crippen LogP contribution in [0.15, 0.2) is 35.7 Å². The number of carbonyl (C=O) groups is 2. The van der Waals surface area contributed by atoms with Crippen LogP contribution in [0.4, 0.5) is 11.4 Å². The minimum atomic E-state index is -0.293. The Kier molecular flexibility index (Phi) is 3.96. The first kappa shape index (κ1) is 16.3. The van der Waals surface area contributed by atoms with Crippen molar-refractivity contribution in [1.29, 1.82) is 0 Å². The van der Waals surface area contributed by atoms with E-state index in [2.05, 4.69) is 15.6 Å². The van der Waals surface area contributed by atoms with Gasteiger partial charge in [-0.1, -0.05) is 0 Å². The Morgan fingerprint density at radius 3 is 2.96 bits per heavy atom. The molecular weight excluding hydrogens is 352 g/mol. The van der Waals surface area contributed by atoms with Gasteiger partial charge in [-0.25, -0.2) is 4.98 Å². The lowest BCUT2D eigenvalue weighted by atomic mass is 10.2. The number of rotatable bonds is 3. The van der Waals surface area contributed by atoms with Crippen molar-refractivity contribution in [1.82, 2.24) is 9.55 Å². The summed E-state index contributed by atoms with van der Waals surface area (Å²) in [6.07, 6.45) is 0. The van der Waals surface area contributed by atoms with Gasteiger partial charge in [-0.2, -0.15) is 0 Å². The molecule has 26 heavy (non-hydrogen) atoms. The van der Waals surface area contributed by atoms with Crippen molar-refractivity contribution >= 4 is 34.5 Å². The lowest BCUT2D eigenvalue weighted by Crippen LogP contribution is -2.25. The quantitative estimate of drug-likeness (QED) is 0.744. The number of anilines is 2. The third kappa shape index (κ3) is 2.95. The summed E-state index contributed by atoms with van der Waals surface area (Å²) >= 11 is 1.43. The van der Waals surface area contributed by atoms with Crippen molar-refractivity contribution in [3.63, 3.8) is 0 Å². The van der Waals surface area contributed by atoms with Gasteiger partial charge in [0.05, 0.1) is 11.4 Å². The van der Waals surface area contributed by atoms with Crippen molar-refractivity contribution in [2.75, 3.05) is 17.2 Å². The van der Waals surface area contributed by atoms with Gasteiger partial charge in [0.2, 0.25) is 0 Å². The van der Waals surface area contributed by atoms with Crippen molar-refractivity contribution < 1.29 is 14.3 Å². The average Bonchev–Trinajstić information content (AvgIpc) is 3.23. The maximum atomic E-state index is 12.5. The summed E-state index contributed by atoms with van der Waals surface area (Å²) in [4.78, 5) is 28.2. The second kappa shape index (κ2) is 6.30. The van der Waals surface area contributed by atoms with Gasteiger partial charge in [0, 0.05) is 29.9 Å². The van der Waals surface area contributed by atoms with Crippen LogP contribution in [0.3, 0.4) is 0 Å². The topological polar surface area (TPSA) is 85.2 Å². The predicted octanol–water partition coefficient (Wildman–Crippen LogP) is 3.04. The molecule has 0 radical (unpaired) electrons. The number of hydrogen-bond donors (Lipinski definition) is 2. The Labute approximate surface area is 153 Å². The van der Waals surface area contributed by atoms with Gasteiger partial charge in [-0.05, 0) is 31.2 Å². The molecule has 0 bridgehead atoms. The van der Waals surface area contributed by atoms with Crippen LogP contribution in [-0.2, 0) is 11.8 Å². The number of aryl methyl sites for hydroxylation is 1. The van der Waals surface area contributed by atoms with Crippen molar-refractivity contribution in [3.05, 3.63) is 47.1 Å². The van der Waals surface area contributed by atoms with Gasteiger partial charge in [-0.15, -0.1) is 11.3 Å². The summed E-state index contributed by atoms with van der Waals surface area (Å²) < 4.78 is 7.40. The number of benzene rings is 1.